The van der Waals surface area contributed by atoms with Gasteiger partial charge >= 0.3 is 0 Å². The summed E-state index contributed by atoms with van der Waals surface area (Å²) in [6, 6.07) is -9.22. The van der Waals surface area contributed by atoms with Crippen LogP contribution in [0.4, 0.5) is 0 Å². The molecular weight excluding hydrogens is 1210 g/mol. The van der Waals surface area contributed by atoms with Gasteiger partial charge in [0, 0.05) is 39.1 Å². The van der Waals surface area contributed by atoms with E-state index in [2.05, 4.69) is 47.9 Å². The van der Waals surface area contributed by atoms with Crippen LogP contribution in [-0.4, -0.2) is 217 Å². The topological polar surface area (TPSA) is 447 Å². The lowest BCUT2D eigenvalue weighted by Gasteiger charge is -2.37. The van der Waals surface area contributed by atoms with E-state index in [1.165, 1.54) is 14.0 Å². The van der Waals surface area contributed by atoms with Gasteiger partial charge in [-0.1, -0.05) is 131 Å². The quantitative estimate of drug-likeness (QED) is 0.0624. The van der Waals surface area contributed by atoms with Crippen LogP contribution in [0.1, 0.15) is 159 Å². The van der Waals surface area contributed by atoms with Gasteiger partial charge in [-0.05, 0) is 75.7 Å². The molecule has 0 aliphatic carbocycles. The summed E-state index contributed by atoms with van der Waals surface area (Å²) in [5.41, 5.74) is 3.13. The first-order valence-electron chi connectivity index (χ1n) is 32.6. The number of hydrogen-bond acceptors (Lipinski definition) is 17. The van der Waals surface area contributed by atoms with E-state index >= 15 is 0 Å². The third-order valence-corrected chi connectivity index (χ3v) is 17.3. The molecular formula is C64H106N12O17. The third-order valence-electron chi connectivity index (χ3n) is 17.3. The predicted octanol–water partition coefficient (Wildman–Crippen LogP) is -2.07. The molecule has 29 heteroatoms. The first-order chi connectivity index (χ1) is 43.5. The van der Waals surface area contributed by atoms with Crippen LogP contribution >= 0.6 is 0 Å². The molecule has 2 fully saturated rings. The molecule has 1 aromatic rings. The molecule has 2 aliphatic heterocycles. The predicted molar refractivity (Wildman–Crippen MR) is 342 cm³/mol. The number of carbonyl (C=O) groups excluding carboxylic acids is 12. The average Bonchev–Trinajstić information content (AvgIpc) is 1.91. The van der Waals surface area contributed by atoms with Crippen molar-refractivity contribution >= 4 is 70.9 Å². The normalized spacial score (nSPS) is 27.6. The molecule has 16 N–H and O–H groups in total. The first-order valence-corrected chi connectivity index (χ1v) is 32.6. The number of nitrogens with one attached hydrogen (secondary N) is 9. The Morgan fingerprint density at radius 2 is 1.14 bits per heavy atom. The Labute approximate surface area is 545 Å². The fourth-order valence-corrected chi connectivity index (χ4v) is 11.2. The number of amides is 12. The van der Waals surface area contributed by atoms with Gasteiger partial charge < -0.3 is 88.9 Å². The second kappa shape index (κ2) is 37.5. The van der Waals surface area contributed by atoms with Gasteiger partial charge in [0.05, 0.1) is 18.3 Å². The molecule has 16 atom stereocenters. The summed E-state index contributed by atoms with van der Waals surface area (Å²) in [6.07, 6.45) is -1.50. The molecule has 1 aromatic carbocycles. The fourth-order valence-electron chi connectivity index (χ4n) is 11.2. The van der Waals surface area contributed by atoms with E-state index in [0.717, 1.165) is 49.3 Å². The molecule has 0 radical (unpaired) electrons. The Kier molecular flexibility index (Phi) is 32.2. The zero-order valence-corrected chi connectivity index (χ0v) is 56.3. The third kappa shape index (κ3) is 23.0. The number of unbranched alkanes of at least 4 members (excludes halogenated alkanes) is 4. The van der Waals surface area contributed by atoms with Crippen molar-refractivity contribution in [3.63, 3.8) is 0 Å². The van der Waals surface area contributed by atoms with Gasteiger partial charge in [-0.3, -0.25) is 57.5 Å². The highest BCUT2D eigenvalue weighted by Crippen LogP contribution is 2.23. The fraction of sp³-hybridized carbons (Fsp3) is 0.719. The Morgan fingerprint density at radius 3 is 1.69 bits per heavy atom. The number of rotatable bonds is 20. The van der Waals surface area contributed by atoms with Crippen molar-refractivity contribution in [1.29, 1.82) is 0 Å². The van der Waals surface area contributed by atoms with Crippen molar-refractivity contribution in [2.24, 2.45) is 29.4 Å². The van der Waals surface area contributed by atoms with Crippen molar-refractivity contribution in [2.75, 3.05) is 20.2 Å². The molecule has 0 unspecified atom stereocenters. The number of nitrogens with zero attached hydrogens (tertiary/aromatic N) is 2. The maximum Gasteiger partial charge on any atom is 0.251 e. The second-order valence-corrected chi connectivity index (χ2v) is 26.1. The number of hydrogen-bond donors (Lipinski definition) is 15. The lowest BCUT2D eigenvalue weighted by Crippen LogP contribution is -2.68. The summed E-state index contributed by atoms with van der Waals surface area (Å²) in [6.45, 7) is 17.1. The van der Waals surface area contributed by atoms with Gasteiger partial charge in [-0.15, -0.1) is 0 Å². The van der Waals surface area contributed by atoms with E-state index in [4.69, 9.17) is 5.73 Å². The number of primary amides is 1. The highest BCUT2D eigenvalue weighted by Gasteiger charge is 2.48. The lowest BCUT2D eigenvalue weighted by molar-refractivity contribution is -0.150. The van der Waals surface area contributed by atoms with Crippen LogP contribution in [0.15, 0.2) is 30.3 Å². The van der Waals surface area contributed by atoms with Gasteiger partial charge in [0.25, 0.3) is 5.91 Å². The summed E-state index contributed by atoms with van der Waals surface area (Å²) < 4.78 is 0. The number of carbonyl (C=O) groups is 12. The standard InChI is InChI=1S/C64H106N12O17/c1-14-16-17-18-22-26-40-32-44(80)69-45(33(3)4)56(85)73-49(51(81)35(7)8)58(87)70-46(34(5)6)61(90)75(13)50(36(9)15-2)59(88)67-41(28-30-77)53(82)74-52(64(12,93)63(65)92)60(89)72-48(38(11)79)62(91)76-29-23-27-43(76)55(84)68-42(31-39-24-20-19-21-25-39)54(83)71-47(37(10)78)57(86)66-40/h19-21,24-25,33-38,40-43,45-52,77-79,81,93H,14-18,22-23,26-32H2,1-13H3,(H2,65,92)(H,66,86)(H,67,88)(H,68,84)(H,69,80)(H,70,87)(H,71,83)(H,72,89)(H,73,85)(H,74,82)/t36-,37+,38+,40-,41+,42-,43-,45-,46-,47-,48-,49-,50-,51+,52+,64+/m0/s1. The number of aliphatic hydroxyl groups excluding tert-OH is 4. The molecule has 524 valence electrons. The summed E-state index contributed by atoms with van der Waals surface area (Å²) in [5.74, 6) is -15.3. The molecule has 2 heterocycles. The van der Waals surface area contributed by atoms with Crippen LogP contribution in [-0.2, 0) is 64.0 Å². The van der Waals surface area contributed by atoms with E-state index in [1.807, 2.05) is 6.92 Å². The monoisotopic (exact) mass is 1310 g/mol. The van der Waals surface area contributed by atoms with Crippen LogP contribution in [0.3, 0.4) is 0 Å². The number of fused-ring (bicyclic) bond motifs is 1. The first kappa shape index (κ1) is 79.9. The van der Waals surface area contributed by atoms with Gasteiger partial charge in [-0.25, -0.2) is 0 Å². The summed E-state index contributed by atoms with van der Waals surface area (Å²) >= 11 is 0. The van der Waals surface area contributed by atoms with Crippen molar-refractivity contribution in [3.05, 3.63) is 35.9 Å². The highest BCUT2D eigenvalue weighted by atomic mass is 16.3. The molecule has 0 aromatic heterocycles. The van der Waals surface area contributed by atoms with E-state index in [9.17, 15) is 83.1 Å². The summed E-state index contributed by atoms with van der Waals surface area (Å²) in [7, 11) is 1.27. The molecule has 3 rings (SSSR count). The van der Waals surface area contributed by atoms with E-state index in [1.54, 1.807) is 85.7 Å². The lowest BCUT2D eigenvalue weighted by atomic mass is 9.93. The average molecular weight is 1320 g/mol. The molecule has 12 amide bonds. The van der Waals surface area contributed by atoms with Crippen molar-refractivity contribution in [2.45, 2.75) is 251 Å². The summed E-state index contributed by atoms with van der Waals surface area (Å²) in [4.78, 5) is 174. The van der Waals surface area contributed by atoms with Crippen LogP contribution in [0.2, 0.25) is 0 Å². The van der Waals surface area contributed by atoms with Gasteiger partial charge in [0.1, 0.15) is 60.4 Å². The van der Waals surface area contributed by atoms with Crippen LogP contribution in [0.25, 0.3) is 0 Å². The molecule has 0 bridgehead atoms. The van der Waals surface area contributed by atoms with Crippen LogP contribution in [0.5, 0.6) is 0 Å². The van der Waals surface area contributed by atoms with Crippen molar-refractivity contribution in [1.82, 2.24) is 57.7 Å². The Hall–Kier alpha value is -7.34. The molecule has 93 heavy (non-hydrogen) atoms. The molecule has 0 saturated carbocycles. The number of benzene rings is 1. The molecule has 0 spiro atoms. The molecule has 2 aliphatic rings. The number of nitrogens with two attached hydrogens (primary N) is 1. The Balaban J connectivity index is 2.31. The minimum Gasteiger partial charge on any atom is -0.396 e. The van der Waals surface area contributed by atoms with Crippen LogP contribution in [0, 0.1) is 23.7 Å². The second-order valence-electron chi connectivity index (χ2n) is 26.1. The molecule has 2 saturated heterocycles. The van der Waals surface area contributed by atoms with E-state index in [0.29, 0.717) is 12.0 Å². The van der Waals surface area contributed by atoms with Gasteiger partial charge in [-0.2, -0.15) is 0 Å². The zero-order valence-electron chi connectivity index (χ0n) is 56.3. The van der Waals surface area contributed by atoms with Crippen molar-refractivity contribution in [3.8, 4) is 0 Å². The maximum absolute atomic E-state index is 14.8. The molecule has 29 nitrogen and oxygen atoms in total. The number of likely N-dealkylation sites (N-methyl/N-ethyl adjacent to an activating group) is 1. The van der Waals surface area contributed by atoms with Crippen molar-refractivity contribution < 1.29 is 83.1 Å². The van der Waals surface area contributed by atoms with E-state index < -0.39 is 204 Å². The summed E-state index contributed by atoms with van der Waals surface area (Å²) in [5, 5.41) is 78.5. The Morgan fingerprint density at radius 1 is 0.602 bits per heavy atom. The largest absolute Gasteiger partial charge is 0.396 e. The zero-order chi connectivity index (χ0) is 70.4. The minimum atomic E-state index is -2.98. The maximum atomic E-state index is 14.8. The van der Waals surface area contributed by atoms with E-state index in [-0.39, 0.29) is 38.6 Å². The minimum absolute atomic E-state index is 0.00203. The van der Waals surface area contributed by atoms with Gasteiger partial charge in [0.15, 0.2) is 5.60 Å². The SMILES string of the molecule is CCCCCCC[C@H]1CC(=O)N[C@@H](C(C)C)C(=O)N[C@@H]([C@H](O)C(C)C)C(=O)N[C@@H](C(C)C)C(=O)N(C)[C@@H]([C@@H](C)CC)C(=O)N[C@H](CCO)C(=O)N[C@@H]([C@@](C)(O)C(N)=O)C(=O)N[C@@H]([C@@H](C)O)C(=O)N2CCC[C@H]2C(=O)N[C@@H](Cc2ccccc2)C(=O)N[C@@H]([C@@H](C)O)C(=O)N1. The van der Waals surface area contributed by atoms with Gasteiger partial charge in [0.2, 0.25) is 65.0 Å². The van der Waals surface area contributed by atoms with Crippen LogP contribution < -0.4 is 53.6 Å². The highest BCUT2D eigenvalue weighted by molar-refractivity contribution is 6.02. The smallest absolute Gasteiger partial charge is 0.251 e. The number of aliphatic hydroxyl groups is 5. The Bertz CT molecular complexity index is 2710.